The minimum Gasteiger partial charge on any atom is -0.370 e. The molecule has 1 aromatic heterocycles. The quantitative estimate of drug-likeness (QED) is 0.382. The summed E-state index contributed by atoms with van der Waals surface area (Å²) in [7, 11) is 0. The summed E-state index contributed by atoms with van der Waals surface area (Å²) in [5.74, 6) is 1.30. The number of nitrogens with one attached hydrogen (secondary N) is 1. The third-order valence-electron chi connectivity index (χ3n) is 4.00. The predicted molar refractivity (Wildman–Crippen MR) is 104 cm³/mol. The van der Waals surface area contributed by atoms with Crippen LogP contribution in [0.2, 0.25) is 0 Å². The van der Waals surface area contributed by atoms with E-state index in [0.29, 0.717) is 38.1 Å². The van der Waals surface area contributed by atoms with Gasteiger partial charge < -0.3 is 20.9 Å². The molecule has 2 aliphatic rings. The van der Waals surface area contributed by atoms with Crippen molar-refractivity contribution in [2.45, 2.75) is 25.3 Å². The van der Waals surface area contributed by atoms with Gasteiger partial charge in [0.15, 0.2) is 5.96 Å². The van der Waals surface area contributed by atoms with Crippen LogP contribution in [-0.4, -0.2) is 65.5 Å². The van der Waals surface area contributed by atoms with Gasteiger partial charge in [-0.25, -0.2) is 9.97 Å². The molecule has 1 aromatic rings. The number of piperazine rings is 1. The number of hydrogen-bond acceptors (Lipinski definition) is 5. The van der Waals surface area contributed by atoms with Crippen LogP contribution in [0.25, 0.3) is 0 Å². The minimum absolute atomic E-state index is 0. The second-order valence-corrected chi connectivity index (χ2v) is 5.85. The topological polar surface area (TPSA) is 99.7 Å². The van der Waals surface area contributed by atoms with Gasteiger partial charge in [0.2, 0.25) is 11.9 Å². The molecule has 9 heteroatoms. The molecule has 1 amide bonds. The zero-order chi connectivity index (χ0) is 16.1. The minimum atomic E-state index is 0. The Labute approximate surface area is 158 Å². The van der Waals surface area contributed by atoms with Gasteiger partial charge in [-0.15, -0.1) is 24.0 Å². The van der Waals surface area contributed by atoms with Gasteiger partial charge >= 0.3 is 0 Å². The Morgan fingerprint density at radius 3 is 2.54 bits per heavy atom. The fourth-order valence-electron chi connectivity index (χ4n) is 2.52. The van der Waals surface area contributed by atoms with Gasteiger partial charge in [-0.1, -0.05) is 0 Å². The van der Waals surface area contributed by atoms with Crippen molar-refractivity contribution in [3.63, 3.8) is 0 Å². The molecule has 3 rings (SSSR count). The van der Waals surface area contributed by atoms with Gasteiger partial charge in [-0.05, 0) is 18.9 Å². The summed E-state index contributed by atoms with van der Waals surface area (Å²) in [5.41, 5.74) is 5.76. The number of carbonyl (C=O) groups excluding carboxylic acids is 1. The Morgan fingerprint density at radius 2 is 1.92 bits per heavy atom. The molecule has 1 aliphatic carbocycles. The van der Waals surface area contributed by atoms with Crippen LogP contribution in [-0.2, 0) is 4.79 Å². The molecule has 0 aromatic carbocycles. The first-order chi connectivity index (χ1) is 11.2. The molecule has 0 radical (unpaired) electrons. The van der Waals surface area contributed by atoms with Crippen LogP contribution in [0, 0.1) is 0 Å². The number of anilines is 1. The second-order valence-electron chi connectivity index (χ2n) is 5.85. The summed E-state index contributed by atoms with van der Waals surface area (Å²) < 4.78 is 0. The normalized spacial score (nSPS) is 18.1. The summed E-state index contributed by atoms with van der Waals surface area (Å²) in [6, 6.07) is 2.29. The lowest BCUT2D eigenvalue weighted by atomic mass is 10.3. The maximum Gasteiger partial charge on any atom is 0.225 e. The van der Waals surface area contributed by atoms with Crippen LogP contribution in [0.4, 0.5) is 5.95 Å². The van der Waals surface area contributed by atoms with Crippen molar-refractivity contribution < 1.29 is 4.79 Å². The van der Waals surface area contributed by atoms with Gasteiger partial charge in [0.25, 0.3) is 0 Å². The molecular formula is C15H24IN7O. The smallest absolute Gasteiger partial charge is 0.225 e. The first-order valence-corrected chi connectivity index (χ1v) is 8.08. The standard InChI is InChI=1S/C15H23N7O.HI/c16-14(20-12-2-3-12)17-7-4-13(23)21-8-10-22(11-9-21)15-18-5-1-6-19-15;/h1,5-6,12H,2-4,7-11H2,(H3,16,17,20);1H. The van der Waals surface area contributed by atoms with Crippen molar-refractivity contribution in [2.24, 2.45) is 10.7 Å². The number of aliphatic imine (C=N–C) groups is 1. The van der Waals surface area contributed by atoms with E-state index in [9.17, 15) is 4.79 Å². The van der Waals surface area contributed by atoms with Gasteiger partial charge in [-0.2, -0.15) is 0 Å². The van der Waals surface area contributed by atoms with E-state index in [-0.39, 0.29) is 29.9 Å². The molecule has 3 N–H and O–H groups in total. The number of nitrogens with zero attached hydrogens (tertiary/aromatic N) is 5. The van der Waals surface area contributed by atoms with Crippen molar-refractivity contribution in [3.8, 4) is 0 Å². The predicted octanol–water partition coefficient (Wildman–Crippen LogP) is 0.200. The maximum atomic E-state index is 12.2. The summed E-state index contributed by atoms with van der Waals surface area (Å²) in [4.78, 5) is 28.9. The Hall–Kier alpha value is -1.65. The fraction of sp³-hybridized carbons (Fsp3) is 0.600. The lowest BCUT2D eigenvalue weighted by Gasteiger charge is -2.34. The van der Waals surface area contributed by atoms with E-state index >= 15 is 0 Å². The first kappa shape index (κ1) is 18.7. The number of hydrogen-bond donors (Lipinski definition) is 2. The summed E-state index contributed by atoms with van der Waals surface area (Å²) in [6.07, 6.45) is 6.18. The van der Waals surface area contributed by atoms with E-state index in [4.69, 9.17) is 5.73 Å². The van der Waals surface area contributed by atoms with E-state index in [0.717, 1.165) is 31.9 Å². The number of guanidine groups is 1. The number of aromatic nitrogens is 2. The Balaban J connectivity index is 0.00000208. The van der Waals surface area contributed by atoms with Gasteiger partial charge in [-0.3, -0.25) is 9.79 Å². The molecule has 0 atom stereocenters. The highest BCUT2D eigenvalue weighted by Gasteiger charge is 2.23. The molecular weight excluding hydrogens is 421 g/mol. The number of carbonyl (C=O) groups is 1. The molecule has 132 valence electrons. The van der Waals surface area contributed by atoms with Crippen LogP contribution >= 0.6 is 24.0 Å². The number of halogens is 1. The average molecular weight is 445 g/mol. The van der Waals surface area contributed by atoms with E-state index in [1.807, 2.05) is 4.90 Å². The number of amides is 1. The molecule has 0 bridgehead atoms. The van der Waals surface area contributed by atoms with Gasteiger partial charge in [0.1, 0.15) is 0 Å². The Bertz CT molecular complexity index is 556. The highest BCUT2D eigenvalue weighted by molar-refractivity contribution is 14.0. The molecule has 2 heterocycles. The maximum absolute atomic E-state index is 12.2. The summed E-state index contributed by atoms with van der Waals surface area (Å²) in [5, 5.41) is 3.11. The third kappa shape index (κ3) is 5.46. The van der Waals surface area contributed by atoms with E-state index in [1.165, 1.54) is 0 Å². The molecule has 1 saturated heterocycles. The Kier molecular flexibility index (Phi) is 7.00. The van der Waals surface area contributed by atoms with Crippen molar-refractivity contribution >= 4 is 41.8 Å². The highest BCUT2D eigenvalue weighted by atomic mass is 127. The summed E-state index contributed by atoms with van der Waals surface area (Å²) in [6.45, 7) is 3.33. The second kappa shape index (κ2) is 9.00. The lowest BCUT2D eigenvalue weighted by Crippen LogP contribution is -2.49. The first-order valence-electron chi connectivity index (χ1n) is 8.08. The van der Waals surface area contributed by atoms with Crippen LogP contribution < -0.4 is 16.0 Å². The summed E-state index contributed by atoms with van der Waals surface area (Å²) >= 11 is 0. The largest absolute Gasteiger partial charge is 0.370 e. The monoisotopic (exact) mass is 445 g/mol. The third-order valence-corrected chi connectivity index (χ3v) is 4.00. The van der Waals surface area contributed by atoms with E-state index < -0.39 is 0 Å². The van der Waals surface area contributed by atoms with Crippen LogP contribution in [0.1, 0.15) is 19.3 Å². The van der Waals surface area contributed by atoms with Crippen LogP contribution in [0.5, 0.6) is 0 Å². The van der Waals surface area contributed by atoms with Crippen molar-refractivity contribution in [3.05, 3.63) is 18.5 Å². The van der Waals surface area contributed by atoms with E-state index in [1.54, 1.807) is 18.5 Å². The zero-order valence-electron chi connectivity index (χ0n) is 13.6. The molecule has 0 spiro atoms. The average Bonchev–Trinajstić information content (AvgIpc) is 3.39. The lowest BCUT2D eigenvalue weighted by molar-refractivity contribution is -0.131. The van der Waals surface area contributed by atoms with Crippen molar-refractivity contribution in [1.82, 2.24) is 20.2 Å². The molecule has 1 saturated carbocycles. The Morgan fingerprint density at radius 1 is 1.25 bits per heavy atom. The fourth-order valence-corrected chi connectivity index (χ4v) is 2.52. The number of nitrogens with two attached hydrogens (primary N) is 1. The molecule has 8 nitrogen and oxygen atoms in total. The molecule has 1 aliphatic heterocycles. The van der Waals surface area contributed by atoms with E-state index in [2.05, 4.69) is 25.2 Å². The molecule has 24 heavy (non-hydrogen) atoms. The van der Waals surface area contributed by atoms with Crippen LogP contribution in [0.3, 0.4) is 0 Å². The van der Waals surface area contributed by atoms with Gasteiger partial charge in [0.05, 0.1) is 6.54 Å². The van der Waals surface area contributed by atoms with Crippen LogP contribution in [0.15, 0.2) is 23.5 Å². The molecule has 0 unspecified atom stereocenters. The highest BCUT2D eigenvalue weighted by Crippen LogP contribution is 2.18. The molecule has 2 fully saturated rings. The van der Waals surface area contributed by atoms with Crippen molar-refractivity contribution in [2.75, 3.05) is 37.6 Å². The SMILES string of the molecule is I.NC(=NCCC(=O)N1CCN(c2ncccn2)CC1)NC1CC1. The number of rotatable bonds is 5. The zero-order valence-corrected chi connectivity index (χ0v) is 15.9. The van der Waals surface area contributed by atoms with Crippen molar-refractivity contribution in [1.29, 1.82) is 0 Å². The van der Waals surface area contributed by atoms with Gasteiger partial charge in [0, 0.05) is 51.0 Å².